The molecular formula is C25H21N3O3. The van der Waals surface area contributed by atoms with Crippen molar-refractivity contribution in [2.45, 2.75) is 19.9 Å². The highest BCUT2D eigenvalue weighted by molar-refractivity contribution is 5.94. The maximum absolute atomic E-state index is 12.2. The zero-order chi connectivity index (χ0) is 22.0. The van der Waals surface area contributed by atoms with Crippen molar-refractivity contribution in [1.29, 1.82) is 0 Å². The van der Waals surface area contributed by atoms with E-state index in [1.165, 1.54) is 0 Å². The van der Waals surface area contributed by atoms with Gasteiger partial charge in [0.15, 0.2) is 5.78 Å². The zero-order valence-corrected chi connectivity index (χ0v) is 17.2. The van der Waals surface area contributed by atoms with Crippen LogP contribution in [0.1, 0.15) is 35.8 Å². The number of benzene rings is 2. The molecule has 1 unspecified atom stereocenters. The van der Waals surface area contributed by atoms with Gasteiger partial charge in [0.2, 0.25) is 0 Å². The van der Waals surface area contributed by atoms with Gasteiger partial charge >= 0.3 is 0 Å². The molecule has 0 aliphatic rings. The first-order chi connectivity index (χ1) is 14.9. The highest BCUT2D eigenvalue weighted by atomic mass is 16.2. The molecule has 0 radical (unpaired) electrons. The summed E-state index contributed by atoms with van der Waals surface area (Å²) in [5.41, 5.74) is 3.80. The highest BCUT2D eigenvalue weighted by Crippen LogP contribution is 2.28. The fourth-order valence-electron chi connectivity index (χ4n) is 3.41. The van der Waals surface area contributed by atoms with Gasteiger partial charge in [0.1, 0.15) is 11.4 Å². The Bertz CT molecular complexity index is 1300. The van der Waals surface area contributed by atoms with E-state index in [9.17, 15) is 14.4 Å². The van der Waals surface area contributed by atoms with Gasteiger partial charge in [-0.1, -0.05) is 42.5 Å². The molecule has 3 aromatic carbocycles. The Kier molecular flexibility index (Phi) is 5.45. The molecular weight excluding hydrogens is 390 g/mol. The summed E-state index contributed by atoms with van der Waals surface area (Å²) in [4.78, 5) is 39.7. The summed E-state index contributed by atoms with van der Waals surface area (Å²) in [6.07, 6.45) is 3.22. The molecule has 0 amide bonds. The Morgan fingerprint density at radius 1 is 0.871 bits per heavy atom. The Hall–Kier alpha value is -4.06. The van der Waals surface area contributed by atoms with Crippen LogP contribution >= 0.6 is 0 Å². The molecule has 154 valence electrons. The van der Waals surface area contributed by atoms with Crippen molar-refractivity contribution in [3.05, 3.63) is 105 Å². The lowest BCUT2D eigenvalue weighted by Gasteiger charge is -2.20. The number of carbonyl (C=O) groups is 1. The van der Waals surface area contributed by atoms with E-state index in [2.05, 4.69) is 15.6 Å². The zero-order valence-electron chi connectivity index (χ0n) is 17.2. The van der Waals surface area contributed by atoms with Crippen molar-refractivity contribution in [2.24, 2.45) is 0 Å². The molecule has 2 N–H and O–H groups in total. The molecule has 1 aromatic heterocycles. The van der Waals surface area contributed by atoms with Gasteiger partial charge < -0.3 is 10.6 Å². The Balaban J connectivity index is 1.55. The number of carbonyl (C=O) groups excluding carboxylic acids is 1. The summed E-state index contributed by atoms with van der Waals surface area (Å²) in [5.74, 6) is 0.0299. The minimum atomic E-state index is -0.536. The average Bonchev–Trinajstić information content (AvgIpc) is 2.81. The van der Waals surface area contributed by atoms with Gasteiger partial charge in [-0.25, -0.2) is 0 Å². The number of nitrogens with zero attached hydrogens (tertiary/aromatic N) is 1. The van der Waals surface area contributed by atoms with Gasteiger partial charge in [0.25, 0.3) is 10.9 Å². The lowest BCUT2D eigenvalue weighted by Crippen LogP contribution is -2.37. The molecule has 4 rings (SSSR count). The Labute approximate surface area is 179 Å². The van der Waals surface area contributed by atoms with Crippen LogP contribution in [0.5, 0.6) is 0 Å². The van der Waals surface area contributed by atoms with Crippen LogP contribution in [0.15, 0.2) is 82.6 Å². The molecule has 0 saturated heterocycles. The predicted molar refractivity (Wildman–Crippen MR) is 123 cm³/mol. The van der Waals surface area contributed by atoms with Crippen LogP contribution in [0.2, 0.25) is 0 Å². The fourth-order valence-corrected chi connectivity index (χ4v) is 3.41. The average molecular weight is 411 g/mol. The van der Waals surface area contributed by atoms with Crippen LogP contribution in [0, 0.1) is 0 Å². The first kappa shape index (κ1) is 20.2. The second kappa shape index (κ2) is 8.36. The molecule has 4 aromatic rings. The molecule has 0 saturated carbocycles. The van der Waals surface area contributed by atoms with Crippen LogP contribution < -0.4 is 21.5 Å². The van der Waals surface area contributed by atoms with Crippen LogP contribution in [0.4, 0.5) is 17.1 Å². The Morgan fingerprint density at radius 2 is 1.55 bits per heavy atom. The minimum Gasteiger partial charge on any atom is -0.373 e. The van der Waals surface area contributed by atoms with E-state index in [0.29, 0.717) is 11.3 Å². The normalized spacial score (nSPS) is 11.8. The number of hydrogen-bond acceptors (Lipinski definition) is 6. The van der Waals surface area contributed by atoms with E-state index in [1.807, 2.05) is 55.5 Å². The highest BCUT2D eigenvalue weighted by Gasteiger charge is 2.23. The molecule has 0 aliphatic heterocycles. The van der Waals surface area contributed by atoms with E-state index in [-0.39, 0.29) is 23.2 Å². The summed E-state index contributed by atoms with van der Waals surface area (Å²) in [5, 5.41) is 6.17. The van der Waals surface area contributed by atoms with Crippen LogP contribution in [0.25, 0.3) is 11.1 Å². The second-order valence-electron chi connectivity index (χ2n) is 7.39. The largest absolute Gasteiger partial charge is 0.373 e. The number of Topliss-reactive ketones (excluding diaryl/α,β-unsaturated/α-hetero) is 1. The molecule has 6 nitrogen and oxygen atoms in total. The summed E-state index contributed by atoms with van der Waals surface area (Å²) < 4.78 is 0. The minimum absolute atomic E-state index is 0.0299. The lowest BCUT2D eigenvalue weighted by molar-refractivity contribution is 0.101. The van der Waals surface area contributed by atoms with Gasteiger partial charge in [0, 0.05) is 29.7 Å². The van der Waals surface area contributed by atoms with E-state index in [0.717, 1.165) is 16.7 Å². The maximum atomic E-state index is 12.2. The van der Waals surface area contributed by atoms with Crippen molar-refractivity contribution >= 4 is 22.8 Å². The predicted octanol–water partition coefficient (Wildman–Crippen LogP) is 4.46. The Morgan fingerprint density at radius 3 is 2.23 bits per heavy atom. The second-order valence-corrected chi connectivity index (χ2v) is 7.39. The van der Waals surface area contributed by atoms with E-state index >= 15 is 0 Å². The number of anilines is 3. The third kappa shape index (κ3) is 4.14. The van der Waals surface area contributed by atoms with E-state index < -0.39 is 10.9 Å². The molecule has 0 spiro atoms. The smallest absolute Gasteiger partial charge is 0.253 e. The third-order valence-corrected chi connectivity index (χ3v) is 5.23. The van der Waals surface area contributed by atoms with Crippen LogP contribution in [0.3, 0.4) is 0 Å². The summed E-state index contributed by atoms with van der Waals surface area (Å²) >= 11 is 0. The maximum Gasteiger partial charge on any atom is 0.253 e. The monoisotopic (exact) mass is 411 g/mol. The van der Waals surface area contributed by atoms with Crippen molar-refractivity contribution < 1.29 is 4.79 Å². The SMILES string of the molecule is CC(=O)c1ccc(-c2cccc(C(C)Nc3c(Nc4ccncc4)c(=O)c3=O)c2)cc1. The third-order valence-electron chi connectivity index (χ3n) is 5.23. The molecule has 1 heterocycles. The number of nitrogens with one attached hydrogen (secondary N) is 2. The van der Waals surface area contributed by atoms with Crippen molar-refractivity contribution in [3.63, 3.8) is 0 Å². The molecule has 1 atom stereocenters. The summed E-state index contributed by atoms with van der Waals surface area (Å²) in [6, 6.07) is 18.6. The van der Waals surface area contributed by atoms with Gasteiger partial charge in [-0.05, 0) is 48.7 Å². The number of aromatic nitrogens is 1. The molecule has 31 heavy (non-hydrogen) atoms. The number of pyridine rings is 1. The topological polar surface area (TPSA) is 88.2 Å². The number of rotatable bonds is 7. The fraction of sp³-hybridized carbons (Fsp3) is 0.120. The van der Waals surface area contributed by atoms with E-state index in [1.54, 1.807) is 31.5 Å². The van der Waals surface area contributed by atoms with Crippen molar-refractivity contribution in [1.82, 2.24) is 4.98 Å². The first-order valence-corrected chi connectivity index (χ1v) is 9.92. The lowest BCUT2D eigenvalue weighted by atomic mass is 9.98. The molecule has 0 bridgehead atoms. The van der Waals surface area contributed by atoms with Crippen LogP contribution in [-0.2, 0) is 0 Å². The number of hydrogen-bond donors (Lipinski definition) is 2. The molecule has 6 heteroatoms. The van der Waals surface area contributed by atoms with Crippen LogP contribution in [-0.4, -0.2) is 10.8 Å². The van der Waals surface area contributed by atoms with Crippen molar-refractivity contribution in [3.8, 4) is 11.1 Å². The standard InChI is InChI=1S/C25H21N3O3/c1-15(27-22-23(25(31)24(22)30)28-21-10-12-26-13-11-21)19-4-3-5-20(14-19)18-8-6-17(7-9-18)16(2)29/h3-15,27H,1-2H3,(H,26,28). The van der Waals surface area contributed by atoms with Gasteiger partial charge in [-0.3, -0.25) is 19.4 Å². The molecule has 0 fully saturated rings. The molecule has 0 aliphatic carbocycles. The van der Waals surface area contributed by atoms with Gasteiger partial charge in [0.05, 0.1) is 0 Å². The van der Waals surface area contributed by atoms with Gasteiger partial charge in [-0.2, -0.15) is 0 Å². The summed E-state index contributed by atoms with van der Waals surface area (Å²) in [7, 11) is 0. The van der Waals surface area contributed by atoms with E-state index in [4.69, 9.17) is 0 Å². The number of ketones is 1. The quantitative estimate of drug-likeness (QED) is 0.345. The first-order valence-electron chi connectivity index (χ1n) is 9.92. The summed E-state index contributed by atoms with van der Waals surface area (Å²) in [6.45, 7) is 3.48. The van der Waals surface area contributed by atoms with Crippen molar-refractivity contribution in [2.75, 3.05) is 10.6 Å². The van der Waals surface area contributed by atoms with Gasteiger partial charge in [-0.15, -0.1) is 0 Å².